The van der Waals surface area contributed by atoms with Crippen molar-refractivity contribution in [1.82, 2.24) is 10.2 Å². The van der Waals surface area contributed by atoms with Gasteiger partial charge >= 0.3 is 0 Å². The molecule has 3 amide bonds. The van der Waals surface area contributed by atoms with Gasteiger partial charge in [0.05, 0.1) is 5.92 Å². The van der Waals surface area contributed by atoms with Gasteiger partial charge in [-0.2, -0.15) is 0 Å². The Bertz CT molecular complexity index is 596. The number of anilines is 1. The highest BCUT2D eigenvalue weighted by atomic mass is 16.2. The third-order valence-corrected chi connectivity index (χ3v) is 3.90. The number of likely N-dealkylation sites (tertiary alicyclic amines) is 1. The first-order valence-electron chi connectivity index (χ1n) is 7.91. The van der Waals surface area contributed by atoms with E-state index in [1.165, 1.54) is 0 Å². The minimum Gasteiger partial charge on any atom is -0.352 e. The molecule has 1 aliphatic rings. The highest BCUT2D eigenvalue weighted by Crippen LogP contribution is 2.22. The first-order valence-corrected chi connectivity index (χ1v) is 7.91. The van der Waals surface area contributed by atoms with Crippen molar-refractivity contribution in [2.45, 2.75) is 33.2 Å². The molecule has 1 aromatic carbocycles. The van der Waals surface area contributed by atoms with E-state index in [0.717, 1.165) is 0 Å². The molecule has 2 N–H and O–H groups in total. The zero-order valence-corrected chi connectivity index (χ0v) is 13.8. The Hall–Kier alpha value is -2.37. The second-order valence-electron chi connectivity index (χ2n) is 5.97. The summed E-state index contributed by atoms with van der Waals surface area (Å²) in [4.78, 5) is 37.6. The first-order chi connectivity index (χ1) is 10.9. The van der Waals surface area contributed by atoms with Crippen molar-refractivity contribution in [3.8, 4) is 0 Å². The number of benzene rings is 1. The smallest absolute Gasteiger partial charge is 0.251 e. The average molecular weight is 317 g/mol. The van der Waals surface area contributed by atoms with Gasteiger partial charge in [0.1, 0.15) is 0 Å². The Labute approximate surface area is 136 Å². The second-order valence-corrected chi connectivity index (χ2v) is 5.97. The molecule has 1 atom stereocenters. The summed E-state index contributed by atoms with van der Waals surface area (Å²) in [5.74, 6) is -0.605. The van der Waals surface area contributed by atoms with Crippen LogP contribution in [0.25, 0.3) is 0 Å². The van der Waals surface area contributed by atoms with Crippen LogP contribution in [0, 0.1) is 5.92 Å². The van der Waals surface area contributed by atoms with Crippen LogP contribution in [0.15, 0.2) is 24.3 Å². The standard InChI is InChI=1S/C17H23N3O3/c1-4-18-16(22)12-5-7-14(8-6-12)19-17(23)13-9-15(21)20(10-13)11(2)3/h5-8,11,13H,4,9-10H2,1-3H3,(H,18,22)(H,19,23). The number of hydrogen-bond acceptors (Lipinski definition) is 3. The molecule has 1 aromatic rings. The number of nitrogens with zero attached hydrogens (tertiary/aromatic N) is 1. The summed E-state index contributed by atoms with van der Waals surface area (Å²) in [5, 5.41) is 5.53. The average Bonchev–Trinajstić information content (AvgIpc) is 2.90. The summed E-state index contributed by atoms with van der Waals surface area (Å²) in [6.07, 6.45) is 0.251. The molecule has 0 spiro atoms. The normalized spacial score (nSPS) is 17.5. The Morgan fingerprint density at radius 1 is 1.26 bits per heavy atom. The van der Waals surface area contributed by atoms with Crippen molar-refractivity contribution in [1.29, 1.82) is 0 Å². The maximum Gasteiger partial charge on any atom is 0.251 e. The Kier molecular flexibility index (Phi) is 5.36. The summed E-state index contributed by atoms with van der Waals surface area (Å²) in [7, 11) is 0. The predicted molar refractivity (Wildman–Crippen MR) is 88.0 cm³/mol. The van der Waals surface area contributed by atoms with Gasteiger partial charge in [0.2, 0.25) is 11.8 Å². The van der Waals surface area contributed by atoms with Crippen LogP contribution < -0.4 is 10.6 Å². The third-order valence-electron chi connectivity index (χ3n) is 3.90. The summed E-state index contributed by atoms with van der Waals surface area (Å²) >= 11 is 0. The first kappa shape index (κ1) is 17.0. The van der Waals surface area contributed by atoms with Crippen molar-refractivity contribution >= 4 is 23.4 Å². The molecule has 6 heteroatoms. The molecule has 0 aliphatic carbocycles. The van der Waals surface area contributed by atoms with Gasteiger partial charge in [0, 0.05) is 36.8 Å². The number of nitrogens with one attached hydrogen (secondary N) is 2. The number of hydrogen-bond donors (Lipinski definition) is 2. The van der Waals surface area contributed by atoms with Gasteiger partial charge in [0.15, 0.2) is 0 Å². The fraction of sp³-hybridized carbons (Fsp3) is 0.471. The van der Waals surface area contributed by atoms with Gasteiger partial charge in [0.25, 0.3) is 5.91 Å². The number of rotatable bonds is 5. The lowest BCUT2D eigenvalue weighted by Gasteiger charge is -2.20. The molecule has 124 valence electrons. The fourth-order valence-electron chi connectivity index (χ4n) is 2.62. The Morgan fingerprint density at radius 2 is 1.91 bits per heavy atom. The largest absolute Gasteiger partial charge is 0.352 e. The number of carbonyl (C=O) groups is 3. The Morgan fingerprint density at radius 3 is 2.43 bits per heavy atom. The summed E-state index contributed by atoms with van der Waals surface area (Å²) in [5.41, 5.74) is 1.17. The minimum absolute atomic E-state index is 0.0201. The SMILES string of the molecule is CCNC(=O)c1ccc(NC(=O)C2CC(=O)N(C(C)C)C2)cc1. The van der Waals surface area contributed by atoms with Crippen molar-refractivity contribution in [2.75, 3.05) is 18.4 Å². The maximum atomic E-state index is 12.3. The van der Waals surface area contributed by atoms with E-state index in [2.05, 4.69) is 10.6 Å². The molecule has 1 fully saturated rings. The second kappa shape index (κ2) is 7.26. The van der Waals surface area contributed by atoms with Crippen LogP contribution >= 0.6 is 0 Å². The molecule has 1 unspecified atom stereocenters. The highest BCUT2D eigenvalue weighted by Gasteiger charge is 2.35. The van der Waals surface area contributed by atoms with Gasteiger partial charge < -0.3 is 15.5 Å². The van der Waals surface area contributed by atoms with Crippen LogP contribution in [0.3, 0.4) is 0 Å². The predicted octanol–water partition coefficient (Wildman–Crippen LogP) is 1.63. The molecule has 0 saturated carbocycles. The zero-order chi connectivity index (χ0) is 17.0. The Balaban J connectivity index is 1.96. The summed E-state index contributed by atoms with van der Waals surface area (Å²) in [6.45, 7) is 6.77. The molecule has 1 aliphatic heterocycles. The lowest BCUT2D eigenvalue weighted by Crippen LogP contribution is -2.33. The molecule has 0 radical (unpaired) electrons. The summed E-state index contributed by atoms with van der Waals surface area (Å²) in [6, 6.07) is 6.83. The molecule has 2 rings (SSSR count). The van der Waals surface area contributed by atoms with Gasteiger partial charge in [-0.05, 0) is 45.0 Å². The van der Waals surface area contributed by atoms with Crippen molar-refractivity contribution < 1.29 is 14.4 Å². The van der Waals surface area contributed by atoms with E-state index in [0.29, 0.717) is 24.3 Å². The zero-order valence-electron chi connectivity index (χ0n) is 13.8. The minimum atomic E-state index is -0.326. The third kappa shape index (κ3) is 4.09. The quantitative estimate of drug-likeness (QED) is 0.866. The van der Waals surface area contributed by atoms with E-state index in [1.807, 2.05) is 20.8 Å². The number of carbonyl (C=O) groups excluding carboxylic acids is 3. The van der Waals surface area contributed by atoms with E-state index >= 15 is 0 Å². The number of amides is 3. The molecule has 1 saturated heterocycles. The van der Waals surface area contributed by atoms with Crippen LogP contribution in [0.1, 0.15) is 37.6 Å². The monoisotopic (exact) mass is 317 g/mol. The van der Waals surface area contributed by atoms with Gasteiger partial charge in [-0.25, -0.2) is 0 Å². The van der Waals surface area contributed by atoms with Crippen molar-refractivity contribution in [3.63, 3.8) is 0 Å². The highest BCUT2D eigenvalue weighted by molar-refractivity contribution is 5.98. The topological polar surface area (TPSA) is 78.5 Å². The molecule has 23 heavy (non-hydrogen) atoms. The van der Waals surface area contributed by atoms with Crippen LogP contribution in [0.2, 0.25) is 0 Å². The molecule has 0 aromatic heterocycles. The van der Waals surface area contributed by atoms with Gasteiger partial charge in [-0.15, -0.1) is 0 Å². The van der Waals surface area contributed by atoms with E-state index in [-0.39, 0.29) is 36.1 Å². The molecular weight excluding hydrogens is 294 g/mol. The van der Waals surface area contributed by atoms with E-state index < -0.39 is 0 Å². The molecular formula is C17H23N3O3. The molecule has 6 nitrogen and oxygen atoms in total. The van der Waals surface area contributed by atoms with Gasteiger partial charge in [-0.1, -0.05) is 0 Å². The van der Waals surface area contributed by atoms with Crippen LogP contribution in [-0.4, -0.2) is 41.8 Å². The van der Waals surface area contributed by atoms with Crippen LogP contribution in [0.5, 0.6) is 0 Å². The molecule has 1 heterocycles. The van der Waals surface area contributed by atoms with E-state index in [1.54, 1.807) is 29.2 Å². The summed E-state index contributed by atoms with van der Waals surface area (Å²) < 4.78 is 0. The van der Waals surface area contributed by atoms with Crippen molar-refractivity contribution in [2.24, 2.45) is 5.92 Å². The van der Waals surface area contributed by atoms with Crippen LogP contribution in [0.4, 0.5) is 5.69 Å². The lowest BCUT2D eigenvalue weighted by atomic mass is 10.1. The van der Waals surface area contributed by atoms with Gasteiger partial charge in [-0.3, -0.25) is 14.4 Å². The lowest BCUT2D eigenvalue weighted by molar-refractivity contribution is -0.129. The fourth-order valence-corrected chi connectivity index (χ4v) is 2.62. The van der Waals surface area contributed by atoms with E-state index in [4.69, 9.17) is 0 Å². The van der Waals surface area contributed by atoms with Crippen LogP contribution in [-0.2, 0) is 9.59 Å². The van der Waals surface area contributed by atoms with E-state index in [9.17, 15) is 14.4 Å². The van der Waals surface area contributed by atoms with Crippen molar-refractivity contribution in [3.05, 3.63) is 29.8 Å². The maximum absolute atomic E-state index is 12.3. The molecule has 0 bridgehead atoms.